The van der Waals surface area contributed by atoms with Crippen LogP contribution in [0.5, 0.6) is 0 Å². The van der Waals surface area contributed by atoms with Crippen molar-refractivity contribution in [2.45, 2.75) is 77.1 Å². The fourth-order valence-electron chi connectivity index (χ4n) is 5.37. The van der Waals surface area contributed by atoms with Gasteiger partial charge in [0.15, 0.2) is 0 Å². The van der Waals surface area contributed by atoms with E-state index in [2.05, 4.69) is 6.58 Å². The molecule has 0 spiro atoms. The smallest absolute Gasteiger partial charge is 0.332 e. The van der Waals surface area contributed by atoms with Crippen molar-refractivity contribution in [3.8, 4) is 0 Å². The molecule has 0 bridgehead atoms. The highest BCUT2D eigenvalue weighted by atomic mass is 35.5. The molecule has 4 rings (SSSR count). The van der Waals surface area contributed by atoms with Crippen LogP contribution in [0.25, 0.3) is 0 Å². The topological polar surface area (TPSA) is 20.3 Å². The fourth-order valence-corrected chi connectivity index (χ4v) is 5.64. The average molecular weight is 555 g/mol. The van der Waals surface area contributed by atoms with Crippen molar-refractivity contribution in [3.63, 3.8) is 0 Å². The summed E-state index contributed by atoms with van der Waals surface area (Å²) in [5, 5.41) is 1.39. The predicted molar refractivity (Wildman–Crippen MR) is 146 cm³/mol. The normalized spacial score (nSPS) is 23.6. The lowest BCUT2D eigenvalue weighted by Gasteiger charge is -2.49. The Hall–Kier alpha value is -1.98. The van der Waals surface area contributed by atoms with Crippen molar-refractivity contribution in [2.24, 2.45) is 17.3 Å². The Balaban J connectivity index is 0.000000468. The van der Waals surface area contributed by atoms with Crippen LogP contribution in [0.3, 0.4) is 0 Å². The number of amides is 1. The third-order valence-corrected chi connectivity index (χ3v) is 8.14. The third-order valence-electron chi connectivity index (χ3n) is 7.64. The van der Waals surface area contributed by atoms with E-state index in [1.165, 1.54) is 0 Å². The van der Waals surface area contributed by atoms with Gasteiger partial charge >= 0.3 is 6.18 Å². The van der Waals surface area contributed by atoms with E-state index in [1.807, 2.05) is 56.3 Å². The summed E-state index contributed by atoms with van der Waals surface area (Å²) < 4.78 is 41.3. The van der Waals surface area contributed by atoms with Crippen LogP contribution in [0.1, 0.15) is 70.4 Å². The van der Waals surface area contributed by atoms with Gasteiger partial charge in [0.2, 0.25) is 5.91 Å². The lowest BCUT2D eigenvalue weighted by atomic mass is 9.73. The van der Waals surface area contributed by atoms with E-state index in [1.54, 1.807) is 23.1 Å². The molecule has 1 aliphatic heterocycles. The summed E-state index contributed by atoms with van der Waals surface area (Å²) in [6.45, 7) is 7.59. The van der Waals surface area contributed by atoms with Crippen molar-refractivity contribution in [1.29, 1.82) is 0 Å². The molecule has 1 saturated carbocycles. The van der Waals surface area contributed by atoms with Crippen molar-refractivity contribution >= 4 is 29.1 Å². The molecular weight excluding hydrogens is 518 g/mol. The maximum atomic E-state index is 13.8. The standard InChI is InChI=1S/C24H31ClF3NO.C6H5Cl/c1-4-13-23(3)14-12-21(17-8-10-18(25)11-9-17)29(22(23)30)19(5-2)15-20(16-6-7-16)24(26,27)28;7-6-4-2-1-3-5-6/h4,8-11,16,19-21H,1,5-7,12-15H2,2-3H3;1-5H. The molecule has 4 atom stereocenters. The molecule has 0 aromatic heterocycles. The van der Waals surface area contributed by atoms with E-state index >= 15 is 0 Å². The van der Waals surface area contributed by atoms with Crippen molar-refractivity contribution in [3.05, 3.63) is 82.9 Å². The molecule has 2 aromatic carbocycles. The lowest BCUT2D eigenvalue weighted by Crippen LogP contribution is -2.53. The van der Waals surface area contributed by atoms with Gasteiger partial charge in [0.1, 0.15) is 0 Å². The second-order valence-electron chi connectivity index (χ2n) is 10.5. The Kier molecular flexibility index (Phi) is 10.2. The molecule has 4 unspecified atom stereocenters. The minimum Gasteiger partial charge on any atom is -0.332 e. The molecule has 1 saturated heterocycles. The molecule has 1 heterocycles. The molecule has 2 fully saturated rings. The number of hydrogen-bond donors (Lipinski definition) is 0. The largest absolute Gasteiger partial charge is 0.392 e. The number of allylic oxidation sites excluding steroid dienone is 1. The molecule has 1 aliphatic carbocycles. The Morgan fingerprint density at radius 1 is 1.05 bits per heavy atom. The van der Waals surface area contributed by atoms with Crippen LogP contribution >= 0.6 is 23.2 Å². The highest BCUT2D eigenvalue weighted by Crippen LogP contribution is 2.50. The van der Waals surface area contributed by atoms with Gasteiger partial charge in [-0.05, 0) is 80.7 Å². The molecular formula is C30H36Cl2F3NO. The number of alkyl halides is 3. The average Bonchev–Trinajstić information content (AvgIpc) is 3.68. The number of rotatable bonds is 8. The lowest BCUT2D eigenvalue weighted by molar-refractivity contribution is -0.189. The van der Waals surface area contributed by atoms with E-state index in [4.69, 9.17) is 23.2 Å². The second-order valence-corrected chi connectivity index (χ2v) is 11.3. The minimum atomic E-state index is -4.23. The first-order chi connectivity index (χ1) is 17.5. The van der Waals surface area contributed by atoms with E-state index in [-0.39, 0.29) is 24.3 Å². The molecule has 2 aromatic rings. The zero-order chi connectivity index (χ0) is 27.2. The van der Waals surface area contributed by atoms with Gasteiger partial charge in [-0.2, -0.15) is 13.2 Å². The molecule has 1 amide bonds. The van der Waals surface area contributed by atoms with Crippen LogP contribution in [0.2, 0.25) is 10.0 Å². The molecule has 7 heteroatoms. The van der Waals surface area contributed by atoms with Crippen LogP contribution in [0, 0.1) is 17.3 Å². The Morgan fingerprint density at radius 3 is 2.11 bits per heavy atom. The number of nitrogens with zero attached hydrogens (tertiary/aromatic N) is 1. The van der Waals surface area contributed by atoms with Crippen LogP contribution < -0.4 is 0 Å². The van der Waals surface area contributed by atoms with Gasteiger partial charge in [-0.15, -0.1) is 6.58 Å². The quantitative estimate of drug-likeness (QED) is 0.298. The van der Waals surface area contributed by atoms with Crippen LogP contribution in [-0.4, -0.2) is 23.0 Å². The Labute approximate surface area is 228 Å². The maximum Gasteiger partial charge on any atom is 0.392 e. The fraction of sp³-hybridized carbons (Fsp3) is 0.500. The van der Waals surface area contributed by atoms with Crippen LogP contribution in [0.15, 0.2) is 67.3 Å². The zero-order valence-corrected chi connectivity index (χ0v) is 23.0. The maximum absolute atomic E-state index is 13.8. The number of carbonyl (C=O) groups is 1. The van der Waals surface area contributed by atoms with Crippen molar-refractivity contribution < 1.29 is 18.0 Å². The van der Waals surface area contributed by atoms with Gasteiger partial charge in [-0.3, -0.25) is 4.79 Å². The van der Waals surface area contributed by atoms with Crippen LogP contribution in [0.4, 0.5) is 13.2 Å². The first-order valence-corrected chi connectivity index (χ1v) is 13.7. The van der Waals surface area contributed by atoms with Crippen LogP contribution in [-0.2, 0) is 4.79 Å². The SMILES string of the molecule is C=CCC1(C)CCC(c2ccc(Cl)cc2)N(C(CC)CC(C2CC2)C(F)(F)F)C1=O.Clc1ccccc1. The zero-order valence-electron chi connectivity index (χ0n) is 21.5. The molecule has 202 valence electrons. The third kappa shape index (κ3) is 7.77. The number of carbonyl (C=O) groups excluding carboxylic acids is 1. The molecule has 2 nitrogen and oxygen atoms in total. The Morgan fingerprint density at radius 2 is 1.65 bits per heavy atom. The summed E-state index contributed by atoms with van der Waals surface area (Å²) in [5.74, 6) is -1.70. The number of likely N-dealkylation sites (tertiary alicyclic amines) is 1. The molecule has 0 N–H and O–H groups in total. The number of benzene rings is 2. The van der Waals surface area contributed by atoms with Gasteiger partial charge < -0.3 is 4.90 Å². The molecule has 0 radical (unpaired) electrons. The number of piperidine rings is 1. The summed E-state index contributed by atoms with van der Waals surface area (Å²) >= 11 is 11.6. The van der Waals surface area contributed by atoms with E-state index in [9.17, 15) is 18.0 Å². The van der Waals surface area contributed by atoms with E-state index < -0.39 is 23.6 Å². The van der Waals surface area contributed by atoms with E-state index in [0.717, 1.165) is 10.6 Å². The highest BCUT2D eigenvalue weighted by Gasteiger charge is 2.52. The van der Waals surface area contributed by atoms with Gasteiger partial charge in [0.25, 0.3) is 0 Å². The number of halogens is 5. The summed E-state index contributed by atoms with van der Waals surface area (Å²) in [5.41, 5.74) is 0.313. The first kappa shape index (κ1) is 29.6. The van der Waals surface area contributed by atoms with Gasteiger partial charge in [-0.25, -0.2) is 0 Å². The Bertz CT molecular complexity index is 1020. The summed E-state index contributed by atoms with van der Waals surface area (Å²) in [6, 6.07) is 16.1. The molecule has 37 heavy (non-hydrogen) atoms. The van der Waals surface area contributed by atoms with Crippen molar-refractivity contribution in [2.75, 3.05) is 0 Å². The first-order valence-electron chi connectivity index (χ1n) is 13.0. The van der Waals surface area contributed by atoms with Gasteiger partial charge in [0.05, 0.1) is 17.4 Å². The summed E-state index contributed by atoms with van der Waals surface area (Å²) in [6.07, 6.45) is 1.17. The van der Waals surface area contributed by atoms with Crippen molar-refractivity contribution in [1.82, 2.24) is 4.90 Å². The predicted octanol–water partition coefficient (Wildman–Crippen LogP) is 9.68. The summed E-state index contributed by atoms with van der Waals surface area (Å²) in [4.78, 5) is 15.5. The monoisotopic (exact) mass is 553 g/mol. The van der Waals surface area contributed by atoms with E-state index in [0.29, 0.717) is 43.5 Å². The van der Waals surface area contributed by atoms with Gasteiger partial charge in [0, 0.05) is 16.1 Å². The summed E-state index contributed by atoms with van der Waals surface area (Å²) in [7, 11) is 0. The molecule has 2 aliphatic rings. The number of hydrogen-bond acceptors (Lipinski definition) is 1. The van der Waals surface area contributed by atoms with Gasteiger partial charge in [-0.1, -0.05) is 73.5 Å². The second kappa shape index (κ2) is 12.7. The highest BCUT2D eigenvalue weighted by molar-refractivity contribution is 6.30. The minimum absolute atomic E-state index is 0.0231.